The zero-order chi connectivity index (χ0) is 16.3. The molecule has 0 unspecified atom stereocenters. The third-order valence-corrected chi connectivity index (χ3v) is 4.14. The molecule has 1 heterocycles. The zero-order valence-electron chi connectivity index (χ0n) is 11.9. The summed E-state index contributed by atoms with van der Waals surface area (Å²) in [6.45, 7) is 3.82. The summed E-state index contributed by atoms with van der Waals surface area (Å²) in [5, 5.41) is 12.3. The van der Waals surface area contributed by atoms with Crippen molar-refractivity contribution in [3.05, 3.63) is 44.2 Å². The van der Waals surface area contributed by atoms with E-state index in [2.05, 4.69) is 31.2 Å². The molecule has 0 atom stereocenters. The van der Waals surface area contributed by atoms with Gasteiger partial charge in [0.1, 0.15) is 0 Å². The van der Waals surface area contributed by atoms with E-state index in [4.69, 9.17) is 0 Å². The molecule has 1 amide bonds. The molecule has 0 saturated carbocycles. The van der Waals surface area contributed by atoms with Crippen LogP contribution in [0.3, 0.4) is 0 Å². The van der Waals surface area contributed by atoms with Crippen molar-refractivity contribution < 1.29 is 9.90 Å². The van der Waals surface area contributed by atoms with E-state index in [-0.39, 0.29) is 22.7 Å². The maximum Gasteiger partial charge on any atom is 0.255 e. The second-order valence-electron chi connectivity index (χ2n) is 4.66. The number of aryl methyl sites for hydroxylation is 2. The van der Waals surface area contributed by atoms with E-state index in [9.17, 15) is 14.7 Å². The van der Waals surface area contributed by atoms with Gasteiger partial charge in [-0.15, -0.1) is 0 Å². The molecular formula is C14H14BrN3O3S. The number of aromatic hydroxyl groups is 1. The van der Waals surface area contributed by atoms with E-state index < -0.39 is 5.56 Å². The van der Waals surface area contributed by atoms with E-state index in [1.165, 1.54) is 0 Å². The van der Waals surface area contributed by atoms with Crippen LogP contribution in [0.4, 0.5) is 5.69 Å². The highest BCUT2D eigenvalue weighted by molar-refractivity contribution is 9.10. The Kier molecular flexibility index (Phi) is 5.25. The number of hydrogen-bond acceptors (Lipinski definition) is 5. The largest absolute Gasteiger partial charge is 0.493 e. The number of anilines is 1. The Balaban J connectivity index is 2.03. The number of nitrogens with zero attached hydrogens (tertiary/aromatic N) is 1. The fourth-order valence-electron chi connectivity index (χ4n) is 1.91. The molecule has 0 spiro atoms. The summed E-state index contributed by atoms with van der Waals surface area (Å²) in [6, 6.07) is 4.81. The van der Waals surface area contributed by atoms with Gasteiger partial charge in [0.15, 0.2) is 5.16 Å². The highest BCUT2D eigenvalue weighted by Crippen LogP contribution is 2.25. The molecule has 0 saturated heterocycles. The molecule has 2 aromatic rings. The average molecular weight is 384 g/mol. The van der Waals surface area contributed by atoms with Gasteiger partial charge < -0.3 is 15.4 Å². The van der Waals surface area contributed by atoms with Crippen LogP contribution >= 0.6 is 27.7 Å². The molecule has 0 aliphatic heterocycles. The van der Waals surface area contributed by atoms with Gasteiger partial charge >= 0.3 is 0 Å². The van der Waals surface area contributed by atoms with E-state index in [1.54, 1.807) is 0 Å². The highest BCUT2D eigenvalue weighted by Gasteiger charge is 2.10. The van der Waals surface area contributed by atoms with Crippen molar-refractivity contribution in [2.75, 3.05) is 11.1 Å². The zero-order valence-corrected chi connectivity index (χ0v) is 14.3. The summed E-state index contributed by atoms with van der Waals surface area (Å²) in [5.41, 5.74) is 2.21. The summed E-state index contributed by atoms with van der Waals surface area (Å²) in [7, 11) is 0. The Labute approximate surface area is 139 Å². The van der Waals surface area contributed by atoms with Crippen LogP contribution in [0.2, 0.25) is 0 Å². The van der Waals surface area contributed by atoms with Gasteiger partial charge in [0.25, 0.3) is 5.56 Å². The van der Waals surface area contributed by atoms with Gasteiger partial charge in [-0.25, -0.2) is 0 Å². The first-order valence-electron chi connectivity index (χ1n) is 6.35. The second kappa shape index (κ2) is 6.97. The van der Waals surface area contributed by atoms with Gasteiger partial charge in [-0.2, -0.15) is 4.98 Å². The number of benzene rings is 1. The predicted octanol–water partition coefficient (Wildman–Crippen LogP) is 2.59. The number of hydrogen-bond donors (Lipinski definition) is 3. The maximum atomic E-state index is 12.0. The van der Waals surface area contributed by atoms with Crippen molar-refractivity contribution in [3.63, 3.8) is 0 Å². The first-order chi connectivity index (χ1) is 10.3. The molecule has 0 aliphatic rings. The highest BCUT2D eigenvalue weighted by atomic mass is 79.9. The predicted molar refractivity (Wildman–Crippen MR) is 89.5 cm³/mol. The van der Waals surface area contributed by atoms with Crippen molar-refractivity contribution in [2.45, 2.75) is 19.0 Å². The average Bonchev–Trinajstić information content (AvgIpc) is 2.39. The number of H-pyrrole nitrogens is 1. The third-order valence-electron chi connectivity index (χ3n) is 2.81. The normalized spacial score (nSPS) is 10.5. The summed E-state index contributed by atoms with van der Waals surface area (Å²) in [5.74, 6) is -0.516. The summed E-state index contributed by atoms with van der Waals surface area (Å²) in [4.78, 5) is 29.4. The minimum atomic E-state index is -0.463. The maximum absolute atomic E-state index is 12.0. The van der Waals surface area contributed by atoms with Crippen molar-refractivity contribution in [1.29, 1.82) is 0 Å². The van der Waals surface area contributed by atoms with Crippen LogP contribution in [0.25, 0.3) is 0 Å². The lowest BCUT2D eigenvalue weighted by Crippen LogP contribution is -2.16. The van der Waals surface area contributed by atoms with E-state index >= 15 is 0 Å². The van der Waals surface area contributed by atoms with Crippen molar-refractivity contribution in [2.24, 2.45) is 0 Å². The minimum Gasteiger partial charge on any atom is -0.493 e. The molecule has 22 heavy (non-hydrogen) atoms. The van der Waals surface area contributed by atoms with Gasteiger partial charge in [-0.05, 0) is 37.1 Å². The number of rotatable bonds is 4. The van der Waals surface area contributed by atoms with Crippen LogP contribution in [0.5, 0.6) is 5.88 Å². The third kappa shape index (κ3) is 4.35. The smallest absolute Gasteiger partial charge is 0.255 e. The molecule has 6 nitrogen and oxygen atoms in total. The topological polar surface area (TPSA) is 95.1 Å². The minimum absolute atomic E-state index is 0.0708. The van der Waals surface area contributed by atoms with Gasteiger partial charge in [-0.1, -0.05) is 27.7 Å². The fourth-order valence-corrected chi connectivity index (χ4v) is 3.27. The number of aromatic nitrogens is 2. The van der Waals surface area contributed by atoms with Crippen molar-refractivity contribution >= 4 is 39.3 Å². The van der Waals surface area contributed by atoms with Gasteiger partial charge in [0.2, 0.25) is 11.8 Å². The van der Waals surface area contributed by atoms with E-state index in [1.807, 2.05) is 26.0 Å². The molecule has 0 aliphatic carbocycles. The molecule has 1 aromatic heterocycles. The van der Waals surface area contributed by atoms with E-state index in [0.717, 1.165) is 39.1 Å². The first-order valence-corrected chi connectivity index (χ1v) is 8.13. The van der Waals surface area contributed by atoms with Crippen LogP contribution in [0.15, 0.2) is 32.6 Å². The quantitative estimate of drug-likeness (QED) is 0.556. The molecule has 0 bridgehead atoms. The van der Waals surface area contributed by atoms with Crippen LogP contribution in [0, 0.1) is 13.8 Å². The Bertz CT molecular complexity index is 753. The molecule has 0 fully saturated rings. The molecule has 8 heteroatoms. The lowest BCUT2D eigenvalue weighted by molar-refractivity contribution is -0.113. The Morgan fingerprint density at radius 1 is 1.36 bits per heavy atom. The molecule has 3 N–H and O–H groups in total. The van der Waals surface area contributed by atoms with Crippen LogP contribution < -0.4 is 10.9 Å². The Morgan fingerprint density at radius 2 is 2.00 bits per heavy atom. The number of halogens is 1. The Morgan fingerprint density at radius 3 is 2.59 bits per heavy atom. The van der Waals surface area contributed by atoms with Crippen molar-refractivity contribution in [1.82, 2.24) is 9.97 Å². The van der Waals surface area contributed by atoms with Crippen LogP contribution in [0.1, 0.15) is 11.1 Å². The van der Waals surface area contributed by atoms with Gasteiger partial charge in [0, 0.05) is 10.2 Å². The van der Waals surface area contributed by atoms with E-state index in [0.29, 0.717) is 0 Å². The second-order valence-corrected chi connectivity index (χ2v) is 6.54. The van der Waals surface area contributed by atoms with Crippen molar-refractivity contribution in [3.8, 4) is 5.88 Å². The molecule has 116 valence electrons. The number of thioether (sulfide) groups is 1. The SMILES string of the molecule is Cc1cc(Br)cc(C)c1NC(=O)CSc1nc(O)cc(=O)[nH]1. The molecular weight excluding hydrogens is 370 g/mol. The monoisotopic (exact) mass is 383 g/mol. The van der Waals surface area contributed by atoms with Crippen LogP contribution in [-0.2, 0) is 4.79 Å². The lowest BCUT2D eigenvalue weighted by Gasteiger charge is -2.12. The van der Waals surface area contributed by atoms with Gasteiger partial charge in [0.05, 0.1) is 11.8 Å². The summed E-state index contributed by atoms with van der Waals surface area (Å²) >= 11 is 4.45. The van der Waals surface area contributed by atoms with Gasteiger partial charge in [-0.3, -0.25) is 9.59 Å². The number of aromatic amines is 1. The first kappa shape index (κ1) is 16.6. The summed E-state index contributed by atoms with van der Waals surface area (Å²) < 4.78 is 0.955. The number of carbonyl (C=O) groups excluding carboxylic acids is 1. The molecule has 0 radical (unpaired) electrons. The number of carbonyl (C=O) groups is 1. The Hall–Kier alpha value is -1.80. The summed E-state index contributed by atoms with van der Waals surface area (Å²) in [6.07, 6.45) is 0. The number of nitrogens with one attached hydrogen (secondary N) is 2. The lowest BCUT2D eigenvalue weighted by atomic mass is 10.1. The fraction of sp³-hybridized carbons (Fsp3) is 0.214. The van der Waals surface area contributed by atoms with Crippen LogP contribution in [-0.4, -0.2) is 26.7 Å². The standard InChI is InChI=1S/C14H14BrN3O3S/c1-7-3-9(15)4-8(2)13(7)16-12(21)6-22-14-17-10(19)5-11(20)18-14/h3-5H,6H2,1-2H3,(H,16,21)(H2,17,18,19,20). The number of amides is 1. The molecule has 2 rings (SSSR count). The molecule has 1 aromatic carbocycles.